The van der Waals surface area contributed by atoms with Crippen LogP contribution in [-0.4, -0.2) is 16.8 Å². The highest BCUT2D eigenvalue weighted by Crippen LogP contribution is 2.29. The molecule has 1 unspecified atom stereocenters. The van der Waals surface area contributed by atoms with E-state index < -0.39 is 0 Å². The number of aromatic nitrogens is 2. The molecule has 3 nitrogen and oxygen atoms in total. The number of benzene rings is 1. The molecule has 0 amide bonds. The molecular formula is C16H21BrIN3. The van der Waals surface area contributed by atoms with Gasteiger partial charge in [-0.15, -0.1) is 0 Å². The monoisotopic (exact) mass is 461 g/mol. The number of nitrogens with zero attached hydrogens (tertiary/aromatic N) is 2. The topological polar surface area (TPSA) is 29.9 Å². The Morgan fingerprint density at radius 1 is 1.43 bits per heavy atom. The van der Waals surface area contributed by atoms with Crippen molar-refractivity contribution in [1.29, 1.82) is 0 Å². The van der Waals surface area contributed by atoms with Crippen LogP contribution in [0.15, 0.2) is 22.7 Å². The van der Waals surface area contributed by atoms with E-state index in [0.717, 1.165) is 23.0 Å². The molecular weight excluding hydrogens is 441 g/mol. The zero-order chi connectivity index (χ0) is 15.6. The molecule has 2 rings (SSSR count). The number of likely N-dealkylation sites (N-methyl/N-ethyl adjacent to an activating group) is 1. The Labute approximate surface area is 148 Å². The number of nitrogens with one attached hydrogen (secondary N) is 1. The van der Waals surface area contributed by atoms with Gasteiger partial charge in [0.05, 0.1) is 15.9 Å². The lowest BCUT2D eigenvalue weighted by atomic mass is 10.00. The maximum atomic E-state index is 4.59. The van der Waals surface area contributed by atoms with Crippen LogP contribution in [0.2, 0.25) is 0 Å². The Balaban J connectivity index is 2.36. The summed E-state index contributed by atoms with van der Waals surface area (Å²) >= 11 is 6.15. The molecule has 1 aromatic heterocycles. The van der Waals surface area contributed by atoms with Crippen LogP contribution in [0.5, 0.6) is 0 Å². The predicted molar refractivity (Wildman–Crippen MR) is 99.7 cm³/mol. The minimum absolute atomic E-state index is 0.285. The van der Waals surface area contributed by atoms with E-state index in [1.807, 2.05) is 18.8 Å². The van der Waals surface area contributed by atoms with Gasteiger partial charge in [0.1, 0.15) is 0 Å². The van der Waals surface area contributed by atoms with Crippen LogP contribution < -0.4 is 5.32 Å². The summed E-state index contributed by atoms with van der Waals surface area (Å²) in [7, 11) is 4.04. The Morgan fingerprint density at radius 3 is 2.71 bits per heavy atom. The van der Waals surface area contributed by atoms with Crippen molar-refractivity contribution in [3.05, 3.63) is 48.8 Å². The van der Waals surface area contributed by atoms with Gasteiger partial charge in [-0.1, -0.05) is 25.1 Å². The molecule has 0 saturated heterocycles. The molecule has 0 fully saturated rings. The molecule has 0 aliphatic heterocycles. The van der Waals surface area contributed by atoms with Crippen LogP contribution in [-0.2, 0) is 19.9 Å². The second kappa shape index (κ2) is 7.24. The van der Waals surface area contributed by atoms with E-state index in [4.69, 9.17) is 0 Å². The molecule has 21 heavy (non-hydrogen) atoms. The second-order valence-corrected chi connectivity index (χ2v) is 7.08. The number of aryl methyl sites for hydroxylation is 3. The molecule has 1 heterocycles. The van der Waals surface area contributed by atoms with Gasteiger partial charge in [0.15, 0.2) is 0 Å². The summed E-state index contributed by atoms with van der Waals surface area (Å²) < 4.78 is 4.48. The van der Waals surface area contributed by atoms with Gasteiger partial charge in [0.25, 0.3) is 0 Å². The number of hydrogen-bond acceptors (Lipinski definition) is 2. The first kappa shape index (κ1) is 17.0. The van der Waals surface area contributed by atoms with Gasteiger partial charge >= 0.3 is 0 Å². The van der Waals surface area contributed by atoms with Gasteiger partial charge in [0, 0.05) is 23.1 Å². The number of rotatable bonds is 5. The third-order valence-electron chi connectivity index (χ3n) is 3.85. The lowest BCUT2D eigenvalue weighted by molar-refractivity contribution is 0.557. The molecule has 114 valence electrons. The van der Waals surface area contributed by atoms with Gasteiger partial charge < -0.3 is 5.32 Å². The average Bonchev–Trinajstić information content (AvgIpc) is 2.74. The Kier molecular flexibility index (Phi) is 5.85. The largest absolute Gasteiger partial charge is 0.313 e. The third-order valence-corrected chi connectivity index (χ3v) is 6.23. The Bertz CT molecular complexity index is 637. The Morgan fingerprint density at radius 2 is 2.14 bits per heavy atom. The molecule has 2 aromatic rings. The van der Waals surface area contributed by atoms with Crippen LogP contribution in [0.3, 0.4) is 0 Å². The fourth-order valence-corrected chi connectivity index (χ4v) is 4.06. The SMILES string of the molecule is CCc1nn(C)c(CC(NC)c2cccc(C)c2I)c1Br. The van der Waals surface area contributed by atoms with E-state index >= 15 is 0 Å². The normalized spacial score (nSPS) is 12.7. The summed E-state index contributed by atoms with van der Waals surface area (Å²) in [6, 6.07) is 6.79. The first-order valence-electron chi connectivity index (χ1n) is 7.12. The van der Waals surface area contributed by atoms with E-state index in [2.05, 4.69) is 81.0 Å². The van der Waals surface area contributed by atoms with Crippen molar-refractivity contribution in [2.75, 3.05) is 7.05 Å². The van der Waals surface area contributed by atoms with Gasteiger partial charge in [-0.05, 0) is 70.0 Å². The van der Waals surface area contributed by atoms with Crippen molar-refractivity contribution in [3.63, 3.8) is 0 Å². The maximum absolute atomic E-state index is 4.59. The van der Waals surface area contributed by atoms with Crippen LogP contribution in [0.4, 0.5) is 0 Å². The summed E-state index contributed by atoms with van der Waals surface area (Å²) in [6.45, 7) is 4.29. The minimum atomic E-state index is 0.285. The van der Waals surface area contributed by atoms with E-state index in [9.17, 15) is 0 Å². The van der Waals surface area contributed by atoms with Crippen molar-refractivity contribution in [3.8, 4) is 0 Å². The summed E-state index contributed by atoms with van der Waals surface area (Å²) in [5.74, 6) is 0. The van der Waals surface area contributed by atoms with Crippen molar-refractivity contribution in [1.82, 2.24) is 15.1 Å². The van der Waals surface area contributed by atoms with Gasteiger partial charge in [0.2, 0.25) is 0 Å². The van der Waals surface area contributed by atoms with E-state index in [1.54, 1.807) is 0 Å². The highest BCUT2D eigenvalue weighted by atomic mass is 127. The fourth-order valence-electron chi connectivity index (χ4n) is 2.54. The molecule has 0 bridgehead atoms. The molecule has 0 aliphatic carbocycles. The number of hydrogen-bond donors (Lipinski definition) is 1. The van der Waals surface area contributed by atoms with Crippen LogP contribution >= 0.6 is 38.5 Å². The molecule has 0 spiro atoms. The van der Waals surface area contributed by atoms with Crippen molar-refractivity contribution in [2.45, 2.75) is 32.7 Å². The molecule has 5 heteroatoms. The molecule has 1 aromatic carbocycles. The van der Waals surface area contributed by atoms with Crippen molar-refractivity contribution >= 4 is 38.5 Å². The van der Waals surface area contributed by atoms with Crippen LogP contribution in [0, 0.1) is 10.5 Å². The summed E-state index contributed by atoms with van der Waals surface area (Å²) in [4.78, 5) is 0. The first-order valence-corrected chi connectivity index (χ1v) is 8.99. The highest BCUT2D eigenvalue weighted by molar-refractivity contribution is 14.1. The highest BCUT2D eigenvalue weighted by Gasteiger charge is 2.19. The third kappa shape index (κ3) is 3.51. The fraction of sp³-hybridized carbons (Fsp3) is 0.438. The molecule has 0 saturated carbocycles. The number of halogens is 2. The zero-order valence-corrected chi connectivity index (χ0v) is 16.6. The Hall–Kier alpha value is -0.400. The average molecular weight is 462 g/mol. The van der Waals surface area contributed by atoms with E-state index in [-0.39, 0.29) is 6.04 Å². The quantitative estimate of drug-likeness (QED) is 0.677. The second-order valence-electron chi connectivity index (χ2n) is 5.21. The zero-order valence-electron chi connectivity index (χ0n) is 12.9. The lowest BCUT2D eigenvalue weighted by Gasteiger charge is -2.19. The van der Waals surface area contributed by atoms with Crippen molar-refractivity contribution in [2.24, 2.45) is 7.05 Å². The maximum Gasteiger partial charge on any atom is 0.0766 e. The first-order chi connectivity index (χ1) is 9.99. The van der Waals surface area contributed by atoms with Crippen LogP contribution in [0.1, 0.15) is 35.5 Å². The minimum Gasteiger partial charge on any atom is -0.313 e. The molecule has 1 N–H and O–H groups in total. The molecule has 0 aliphatic rings. The van der Waals surface area contributed by atoms with Crippen molar-refractivity contribution < 1.29 is 0 Å². The summed E-state index contributed by atoms with van der Waals surface area (Å²) in [6.07, 6.45) is 1.86. The smallest absolute Gasteiger partial charge is 0.0766 e. The molecule has 1 atom stereocenters. The van der Waals surface area contributed by atoms with Gasteiger partial charge in [-0.3, -0.25) is 4.68 Å². The standard InChI is InChI=1S/C16H21BrIN3/c1-5-12-15(17)14(21(4)20-12)9-13(19-3)11-8-6-7-10(2)16(11)18/h6-8,13,19H,5,9H2,1-4H3. The van der Waals surface area contributed by atoms with Gasteiger partial charge in [-0.25, -0.2) is 0 Å². The van der Waals surface area contributed by atoms with Crippen LogP contribution in [0.25, 0.3) is 0 Å². The summed E-state index contributed by atoms with van der Waals surface area (Å²) in [5, 5.41) is 8.04. The van der Waals surface area contributed by atoms with Gasteiger partial charge in [-0.2, -0.15) is 5.10 Å². The predicted octanol–water partition coefficient (Wildman–Crippen LogP) is 4.16. The lowest BCUT2D eigenvalue weighted by Crippen LogP contribution is -2.21. The van der Waals surface area contributed by atoms with E-state index in [1.165, 1.54) is 20.4 Å². The molecule has 0 radical (unpaired) electrons. The summed E-state index contributed by atoms with van der Waals surface area (Å²) in [5.41, 5.74) is 5.04. The van der Waals surface area contributed by atoms with E-state index in [0.29, 0.717) is 0 Å².